The minimum absolute atomic E-state index is 0.584. The molecule has 0 amide bonds. The average molecular weight is 245 g/mol. The molecule has 0 aliphatic carbocycles. The summed E-state index contributed by atoms with van der Waals surface area (Å²) in [4.78, 5) is 6.06. The fraction of sp³-hybridized carbons (Fsp3) is 0.385. The van der Waals surface area contributed by atoms with Crippen LogP contribution in [0.4, 0.5) is 5.69 Å². The van der Waals surface area contributed by atoms with Crippen molar-refractivity contribution in [1.82, 2.24) is 0 Å². The lowest BCUT2D eigenvalue weighted by atomic mass is 9.94. The van der Waals surface area contributed by atoms with Gasteiger partial charge in [0.15, 0.2) is 5.17 Å². The van der Waals surface area contributed by atoms with Crippen LogP contribution in [0.1, 0.15) is 12.5 Å². The maximum Gasteiger partial charge on any atom is 0.208 e. The summed E-state index contributed by atoms with van der Waals surface area (Å²) in [5, 5.41) is 9.52. The smallest absolute Gasteiger partial charge is 0.208 e. The van der Waals surface area contributed by atoms with Crippen molar-refractivity contribution in [2.45, 2.75) is 13.3 Å². The number of fused-ring (bicyclic) bond motifs is 1. The SMILES string of the molecule is CSC(=NC#N)N1CC(C)Cc2ccccc21. The lowest BCUT2D eigenvalue weighted by molar-refractivity contribution is 0.569. The molecule has 4 heteroatoms. The molecule has 0 fully saturated rings. The van der Waals surface area contributed by atoms with E-state index in [0.717, 1.165) is 18.1 Å². The number of thioether (sulfide) groups is 1. The fourth-order valence-electron chi connectivity index (χ4n) is 2.24. The zero-order valence-electron chi connectivity index (χ0n) is 10.1. The van der Waals surface area contributed by atoms with E-state index in [1.54, 1.807) is 0 Å². The van der Waals surface area contributed by atoms with Gasteiger partial charge in [-0.25, -0.2) is 0 Å². The highest BCUT2D eigenvalue weighted by Gasteiger charge is 2.24. The zero-order valence-corrected chi connectivity index (χ0v) is 10.9. The van der Waals surface area contributed by atoms with Crippen LogP contribution in [0.25, 0.3) is 0 Å². The van der Waals surface area contributed by atoms with Crippen LogP contribution in [0.2, 0.25) is 0 Å². The van der Waals surface area contributed by atoms with E-state index in [0.29, 0.717) is 5.92 Å². The molecule has 0 spiro atoms. The van der Waals surface area contributed by atoms with E-state index in [-0.39, 0.29) is 0 Å². The quantitative estimate of drug-likeness (QED) is 0.401. The minimum Gasteiger partial charge on any atom is -0.320 e. The Morgan fingerprint density at radius 3 is 3.00 bits per heavy atom. The molecule has 1 heterocycles. The number of nitrogens with zero attached hydrogens (tertiary/aromatic N) is 3. The predicted molar refractivity (Wildman–Crippen MR) is 73.2 cm³/mol. The van der Waals surface area contributed by atoms with Crippen LogP contribution < -0.4 is 4.90 Å². The first-order valence-corrected chi connectivity index (χ1v) is 6.85. The maximum absolute atomic E-state index is 8.73. The Hall–Kier alpha value is -1.47. The molecule has 1 aliphatic heterocycles. The number of nitriles is 1. The van der Waals surface area contributed by atoms with Gasteiger partial charge in [-0.3, -0.25) is 0 Å². The Labute approximate surface area is 106 Å². The van der Waals surface area contributed by atoms with Crippen LogP contribution in [0.5, 0.6) is 0 Å². The number of hydrogen-bond acceptors (Lipinski definition) is 3. The summed E-state index contributed by atoms with van der Waals surface area (Å²) >= 11 is 1.52. The Bertz CT molecular complexity index is 476. The first-order valence-electron chi connectivity index (χ1n) is 5.62. The summed E-state index contributed by atoms with van der Waals surface area (Å²) in [5.41, 5.74) is 2.53. The largest absolute Gasteiger partial charge is 0.320 e. The average Bonchev–Trinajstić information content (AvgIpc) is 2.35. The first-order chi connectivity index (χ1) is 8.26. The second kappa shape index (κ2) is 5.24. The summed E-state index contributed by atoms with van der Waals surface area (Å²) in [5.74, 6) is 0.584. The monoisotopic (exact) mass is 245 g/mol. The van der Waals surface area contributed by atoms with Gasteiger partial charge in [0.1, 0.15) is 0 Å². The fourth-order valence-corrected chi connectivity index (χ4v) is 2.76. The highest BCUT2D eigenvalue weighted by molar-refractivity contribution is 8.13. The highest BCUT2D eigenvalue weighted by Crippen LogP contribution is 2.31. The Morgan fingerprint density at radius 2 is 2.29 bits per heavy atom. The Balaban J connectivity index is 2.42. The molecule has 0 N–H and O–H groups in total. The van der Waals surface area contributed by atoms with Gasteiger partial charge in [0.05, 0.1) is 0 Å². The van der Waals surface area contributed by atoms with Crippen molar-refractivity contribution in [3.63, 3.8) is 0 Å². The molecular weight excluding hydrogens is 230 g/mol. The third-order valence-electron chi connectivity index (χ3n) is 2.90. The summed E-state index contributed by atoms with van der Waals surface area (Å²) < 4.78 is 0. The van der Waals surface area contributed by atoms with Crippen molar-refractivity contribution in [3.8, 4) is 6.19 Å². The van der Waals surface area contributed by atoms with E-state index in [1.165, 1.54) is 23.0 Å². The minimum atomic E-state index is 0.584. The Morgan fingerprint density at radius 1 is 1.53 bits per heavy atom. The van der Waals surface area contributed by atoms with Gasteiger partial charge in [0.25, 0.3) is 0 Å². The van der Waals surface area contributed by atoms with Crippen LogP contribution in [0.3, 0.4) is 0 Å². The van der Waals surface area contributed by atoms with Crippen molar-refractivity contribution in [2.75, 3.05) is 17.7 Å². The van der Waals surface area contributed by atoms with Gasteiger partial charge in [-0.15, -0.1) is 4.99 Å². The molecule has 1 aromatic rings. The highest BCUT2D eigenvalue weighted by atomic mass is 32.2. The lowest BCUT2D eigenvalue weighted by Crippen LogP contribution is -2.37. The molecule has 3 nitrogen and oxygen atoms in total. The van der Waals surface area contributed by atoms with Crippen molar-refractivity contribution < 1.29 is 0 Å². The number of anilines is 1. The number of amidine groups is 1. The number of benzene rings is 1. The van der Waals surface area contributed by atoms with Crippen molar-refractivity contribution in [2.24, 2.45) is 10.9 Å². The van der Waals surface area contributed by atoms with Gasteiger partial charge in [-0.1, -0.05) is 36.9 Å². The van der Waals surface area contributed by atoms with E-state index < -0.39 is 0 Å². The summed E-state index contributed by atoms with van der Waals surface area (Å²) in [6.45, 7) is 3.16. The summed E-state index contributed by atoms with van der Waals surface area (Å²) in [6, 6.07) is 8.36. The predicted octanol–water partition coefficient (Wildman–Crippen LogP) is 2.89. The molecule has 1 aromatic carbocycles. The molecule has 1 unspecified atom stereocenters. The van der Waals surface area contributed by atoms with Crippen LogP contribution in [0, 0.1) is 17.4 Å². The van der Waals surface area contributed by atoms with Crippen molar-refractivity contribution >= 4 is 22.6 Å². The van der Waals surface area contributed by atoms with Gasteiger partial charge in [-0.2, -0.15) is 5.26 Å². The number of rotatable bonds is 0. The number of hydrogen-bond donors (Lipinski definition) is 0. The van der Waals surface area contributed by atoms with Gasteiger partial charge in [-0.05, 0) is 30.2 Å². The van der Waals surface area contributed by atoms with E-state index >= 15 is 0 Å². The van der Waals surface area contributed by atoms with Crippen molar-refractivity contribution in [3.05, 3.63) is 29.8 Å². The molecule has 17 heavy (non-hydrogen) atoms. The van der Waals surface area contributed by atoms with Crippen LogP contribution in [0.15, 0.2) is 29.3 Å². The second-order valence-electron chi connectivity index (χ2n) is 4.25. The molecule has 0 radical (unpaired) electrons. The zero-order chi connectivity index (χ0) is 12.3. The third-order valence-corrected chi connectivity index (χ3v) is 3.58. The van der Waals surface area contributed by atoms with Crippen LogP contribution in [-0.4, -0.2) is 18.0 Å². The van der Waals surface area contributed by atoms with E-state index in [1.807, 2.05) is 18.5 Å². The number of aliphatic imine (C=N–C) groups is 1. The van der Waals surface area contributed by atoms with Crippen molar-refractivity contribution in [1.29, 1.82) is 5.26 Å². The molecule has 0 bridgehead atoms. The standard InChI is InChI=1S/C13H15N3S/c1-10-7-11-5-3-4-6-12(11)16(8-10)13(17-2)15-9-14/h3-6,10H,7-8H2,1-2H3. The molecular formula is C13H15N3S. The van der Waals surface area contributed by atoms with E-state index in [2.05, 4.69) is 35.0 Å². The number of para-hydroxylation sites is 1. The van der Waals surface area contributed by atoms with Gasteiger partial charge < -0.3 is 4.90 Å². The van der Waals surface area contributed by atoms with Crippen LogP contribution in [-0.2, 0) is 6.42 Å². The lowest BCUT2D eigenvalue weighted by Gasteiger charge is -2.34. The molecule has 0 aromatic heterocycles. The second-order valence-corrected chi connectivity index (χ2v) is 5.02. The molecule has 1 aliphatic rings. The molecule has 2 rings (SSSR count). The van der Waals surface area contributed by atoms with Crippen LogP contribution >= 0.6 is 11.8 Å². The van der Waals surface area contributed by atoms with E-state index in [9.17, 15) is 0 Å². The Kier molecular flexibility index (Phi) is 3.70. The topological polar surface area (TPSA) is 39.4 Å². The first kappa shape index (κ1) is 12.0. The normalized spacial score (nSPS) is 19.7. The van der Waals surface area contributed by atoms with E-state index in [4.69, 9.17) is 5.26 Å². The molecule has 1 atom stereocenters. The molecule has 0 saturated carbocycles. The van der Waals surface area contributed by atoms with Gasteiger partial charge in [0.2, 0.25) is 6.19 Å². The third kappa shape index (κ3) is 2.45. The molecule has 0 saturated heterocycles. The van der Waals surface area contributed by atoms with Gasteiger partial charge in [0, 0.05) is 12.2 Å². The summed E-state index contributed by atoms with van der Waals surface area (Å²) in [6.07, 6.45) is 4.94. The van der Waals surface area contributed by atoms with Gasteiger partial charge >= 0.3 is 0 Å². The molecule has 88 valence electrons. The summed E-state index contributed by atoms with van der Waals surface area (Å²) in [7, 11) is 0. The maximum atomic E-state index is 8.73.